The number of pyridine rings is 1. The molecule has 6 heteroatoms. The molecule has 0 saturated carbocycles. The molecule has 3 aromatic rings. The van der Waals surface area contributed by atoms with Gasteiger partial charge in [-0.3, -0.25) is 9.78 Å². The molecule has 0 aliphatic carbocycles. The maximum absolute atomic E-state index is 13.2. The number of benzene rings is 2. The molecule has 1 amide bonds. The van der Waals surface area contributed by atoms with Gasteiger partial charge in [0.05, 0.1) is 6.54 Å². The van der Waals surface area contributed by atoms with E-state index in [4.69, 9.17) is 0 Å². The Morgan fingerprint density at radius 2 is 1.66 bits per heavy atom. The second kappa shape index (κ2) is 12.1. The lowest BCUT2D eigenvalue weighted by molar-refractivity contribution is 0.0672. The van der Waals surface area contributed by atoms with Crippen LogP contribution in [0.25, 0.3) is 0 Å². The van der Waals surface area contributed by atoms with Crippen LogP contribution in [0.1, 0.15) is 15.9 Å². The van der Waals surface area contributed by atoms with E-state index in [2.05, 4.69) is 45.5 Å². The van der Waals surface area contributed by atoms with Crippen LogP contribution in [-0.4, -0.2) is 46.9 Å². The fraction of sp³-hybridized carbons (Fsp3) is 0.172. The highest BCUT2D eigenvalue weighted by Crippen LogP contribution is 2.31. The summed E-state index contributed by atoms with van der Waals surface area (Å²) in [6, 6.07) is 22.2. The van der Waals surface area contributed by atoms with E-state index >= 15 is 0 Å². The monoisotopic (exact) mass is 482 g/mol. The summed E-state index contributed by atoms with van der Waals surface area (Å²) < 4.78 is 2.22. The van der Waals surface area contributed by atoms with E-state index in [1.807, 2.05) is 71.8 Å². The van der Waals surface area contributed by atoms with Gasteiger partial charge in [0.1, 0.15) is 0 Å². The largest absolute Gasteiger partial charge is 0.368 e. The van der Waals surface area contributed by atoms with E-state index in [0.717, 1.165) is 34.9 Å². The predicted octanol–water partition coefficient (Wildman–Crippen LogP) is 5.81. The summed E-state index contributed by atoms with van der Waals surface area (Å²) in [7, 11) is 0. The number of rotatable bonds is 9. The molecular weight excluding hydrogens is 452 g/mol. The Labute approximate surface area is 212 Å². The van der Waals surface area contributed by atoms with Crippen LogP contribution >= 0.6 is 11.9 Å². The highest BCUT2D eigenvalue weighted by molar-refractivity contribution is 8.00. The van der Waals surface area contributed by atoms with Gasteiger partial charge in [-0.05, 0) is 72.1 Å². The minimum Gasteiger partial charge on any atom is -0.368 e. The number of carbonyl (C=O) groups is 1. The van der Waals surface area contributed by atoms with Crippen LogP contribution in [0.4, 0.5) is 5.69 Å². The first kappa shape index (κ1) is 24.4. The smallest absolute Gasteiger partial charge is 0.253 e. The van der Waals surface area contributed by atoms with Gasteiger partial charge < -0.3 is 14.1 Å². The number of amides is 1. The van der Waals surface area contributed by atoms with E-state index in [0.29, 0.717) is 25.2 Å². The van der Waals surface area contributed by atoms with Crippen LogP contribution in [0.5, 0.6) is 0 Å². The van der Waals surface area contributed by atoms with E-state index in [-0.39, 0.29) is 5.91 Å². The van der Waals surface area contributed by atoms with Crippen LogP contribution in [0.15, 0.2) is 121 Å². The molecule has 1 saturated heterocycles. The van der Waals surface area contributed by atoms with Gasteiger partial charge in [-0.25, -0.2) is 0 Å². The fourth-order valence-corrected chi connectivity index (χ4v) is 4.96. The number of nitrogens with zero attached hydrogens (tertiary/aromatic N) is 4. The summed E-state index contributed by atoms with van der Waals surface area (Å²) in [5.74, 6) is 0.0681. The molecule has 0 spiro atoms. The van der Waals surface area contributed by atoms with Gasteiger partial charge in [0.15, 0.2) is 0 Å². The average molecular weight is 483 g/mol. The van der Waals surface area contributed by atoms with Crippen molar-refractivity contribution in [3.8, 4) is 0 Å². The lowest BCUT2D eigenvalue weighted by Gasteiger charge is -2.36. The second-order valence-electron chi connectivity index (χ2n) is 8.16. The Kier molecular flexibility index (Phi) is 8.41. The Balaban J connectivity index is 1.45. The SMILES string of the molecule is C=C/C=C(\C=C)N1CCN(C(=O)c2ccc(N(Cc3cccnc3)Sc3ccccc3)cc2)CC1. The summed E-state index contributed by atoms with van der Waals surface area (Å²) >= 11 is 1.67. The van der Waals surface area contributed by atoms with Gasteiger partial charge in [-0.1, -0.05) is 43.5 Å². The number of allylic oxidation sites excluding steroid dienone is 3. The molecule has 0 unspecified atom stereocenters. The zero-order chi connectivity index (χ0) is 24.5. The van der Waals surface area contributed by atoms with Crippen molar-refractivity contribution in [3.63, 3.8) is 0 Å². The van der Waals surface area contributed by atoms with Crippen molar-refractivity contribution in [1.29, 1.82) is 0 Å². The van der Waals surface area contributed by atoms with Crippen molar-refractivity contribution in [2.75, 3.05) is 30.5 Å². The van der Waals surface area contributed by atoms with Crippen LogP contribution in [0, 0.1) is 0 Å². The minimum absolute atomic E-state index is 0.0681. The Morgan fingerprint density at radius 3 is 2.29 bits per heavy atom. The summed E-state index contributed by atoms with van der Waals surface area (Å²) in [5, 5.41) is 0. The van der Waals surface area contributed by atoms with Crippen molar-refractivity contribution < 1.29 is 4.79 Å². The molecular formula is C29H30N4OS. The molecule has 1 fully saturated rings. The summed E-state index contributed by atoms with van der Waals surface area (Å²) in [6.07, 6.45) is 9.23. The molecule has 0 N–H and O–H groups in total. The van der Waals surface area contributed by atoms with Gasteiger partial charge >= 0.3 is 0 Å². The van der Waals surface area contributed by atoms with Gasteiger partial charge in [0.2, 0.25) is 0 Å². The van der Waals surface area contributed by atoms with Gasteiger partial charge in [-0.15, -0.1) is 0 Å². The molecule has 35 heavy (non-hydrogen) atoms. The topological polar surface area (TPSA) is 39.7 Å². The molecule has 0 radical (unpaired) electrons. The molecule has 1 aliphatic heterocycles. The van der Waals surface area contributed by atoms with Crippen molar-refractivity contribution in [3.05, 3.63) is 127 Å². The molecule has 0 atom stereocenters. The van der Waals surface area contributed by atoms with E-state index in [1.54, 1.807) is 24.2 Å². The number of aromatic nitrogens is 1. The van der Waals surface area contributed by atoms with Crippen LogP contribution in [-0.2, 0) is 6.54 Å². The first-order chi connectivity index (χ1) is 17.2. The van der Waals surface area contributed by atoms with Crippen molar-refractivity contribution in [2.24, 2.45) is 0 Å². The number of piperazine rings is 1. The first-order valence-corrected chi connectivity index (χ1v) is 12.4. The third kappa shape index (κ3) is 6.43. The zero-order valence-corrected chi connectivity index (χ0v) is 20.6. The number of hydrogen-bond acceptors (Lipinski definition) is 5. The molecule has 178 valence electrons. The van der Waals surface area contributed by atoms with Gasteiger partial charge in [0, 0.05) is 60.4 Å². The number of carbonyl (C=O) groups excluding carboxylic acids is 1. The summed E-state index contributed by atoms with van der Waals surface area (Å²) in [5.41, 5.74) is 3.91. The fourth-order valence-electron chi connectivity index (χ4n) is 3.99. The standard InChI is InChI=1S/C29H30N4OS/c1-3-9-26(4-2)31-18-20-32(21-19-31)29(34)25-13-15-27(16-14-25)33(23-24-10-8-17-30-22-24)35-28-11-6-5-7-12-28/h3-17,22H,1-2,18-21,23H2/b26-9+. The summed E-state index contributed by atoms with van der Waals surface area (Å²) in [4.78, 5) is 22.7. The maximum Gasteiger partial charge on any atom is 0.253 e. The Hall–Kier alpha value is -3.77. The van der Waals surface area contributed by atoms with E-state index < -0.39 is 0 Å². The number of hydrogen-bond donors (Lipinski definition) is 0. The first-order valence-electron chi connectivity index (χ1n) is 11.7. The molecule has 2 aromatic carbocycles. The van der Waals surface area contributed by atoms with Crippen LogP contribution in [0.3, 0.4) is 0 Å². The minimum atomic E-state index is 0.0681. The van der Waals surface area contributed by atoms with E-state index in [1.165, 1.54) is 0 Å². The van der Waals surface area contributed by atoms with Crippen LogP contribution < -0.4 is 4.31 Å². The quantitative estimate of drug-likeness (QED) is 0.284. The van der Waals surface area contributed by atoms with Crippen molar-refractivity contribution >= 4 is 23.5 Å². The normalized spacial score (nSPS) is 13.9. The maximum atomic E-state index is 13.2. The zero-order valence-electron chi connectivity index (χ0n) is 19.8. The molecule has 0 bridgehead atoms. The summed E-state index contributed by atoms with van der Waals surface area (Å²) in [6.45, 7) is 11.3. The highest BCUT2D eigenvalue weighted by atomic mass is 32.2. The molecule has 1 aliphatic rings. The van der Waals surface area contributed by atoms with Gasteiger partial charge in [0.25, 0.3) is 5.91 Å². The highest BCUT2D eigenvalue weighted by Gasteiger charge is 2.22. The lowest BCUT2D eigenvalue weighted by Crippen LogP contribution is -2.48. The molecule has 4 rings (SSSR count). The second-order valence-corrected chi connectivity index (χ2v) is 9.25. The van der Waals surface area contributed by atoms with Crippen LogP contribution in [0.2, 0.25) is 0 Å². The molecule has 1 aromatic heterocycles. The lowest BCUT2D eigenvalue weighted by atomic mass is 10.1. The third-order valence-corrected chi connectivity index (χ3v) is 6.88. The average Bonchev–Trinajstić information content (AvgIpc) is 2.92. The van der Waals surface area contributed by atoms with Crippen molar-refractivity contribution in [2.45, 2.75) is 11.4 Å². The third-order valence-electron chi connectivity index (χ3n) is 5.84. The Morgan fingerprint density at radius 1 is 0.943 bits per heavy atom. The van der Waals surface area contributed by atoms with Gasteiger partial charge in [-0.2, -0.15) is 0 Å². The Bertz CT molecular complexity index is 1110. The molecule has 5 nitrogen and oxygen atoms in total. The number of anilines is 1. The van der Waals surface area contributed by atoms with E-state index in [9.17, 15) is 4.79 Å². The molecule has 2 heterocycles. The van der Waals surface area contributed by atoms with Crippen molar-refractivity contribution in [1.82, 2.24) is 14.8 Å². The predicted molar refractivity (Wildman–Crippen MR) is 145 cm³/mol.